The van der Waals surface area contributed by atoms with Gasteiger partial charge >= 0.3 is 8.56 Å². The van der Waals surface area contributed by atoms with Crippen LogP contribution >= 0.6 is 7.92 Å². The van der Waals surface area contributed by atoms with Crippen LogP contribution in [-0.4, -0.2) is 21.3 Å². The van der Waals surface area contributed by atoms with E-state index >= 15 is 0 Å². The van der Waals surface area contributed by atoms with Gasteiger partial charge in [-0.05, 0) is 26.3 Å². The van der Waals surface area contributed by atoms with Crippen molar-refractivity contribution in [3.05, 3.63) is 30.3 Å². The summed E-state index contributed by atoms with van der Waals surface area (Å²) in [6, 6.07) is 10.5. The fraction of sp³-hybridized carbons (Fsp3) is 0.400. The van der Waals surface area contributed by atoms with Crippen LogP contribution in [0, 0.1) is 0 Å². The summed E-state index contributed by atoms with van der Waals surface area (Å²) in [6.07, 6.45) is 1.75. The van der Waals surface area contributed by atoms with Gasteiger partial charge in [-0.25, -0.2) is 0 Å². The Kier molecular flexibility index (Phi) is 3.03. The Bertz CT molecular complexity index is 292. The van der Waals surface area contributed by atoms with Crippen molar-refractivity contribution >= 4 is 21.8 Å². The summed E-state index contributed by atoms with van der Waals surface area (Å²) in [5.74, 6) is 0. The van der Waals surface area contributed by atoms with Crippen LogP contribution in [0.15, 0.2) is 30.3 Å². The molecule has 14 heavy (non-hydrogen) atoms. The summed E-state index contributed by atoms with van der Waals surface area (Å²) in [7, 11) is -1.98. The van der Waals surface area contributed by atoms with E-state index in [1.54, 1.807) is 0 Å². The van der Waals surface area contributed by atoms with E-state index in [0.717, 1.165) is 12.7 Å². The predicted octanol–water partition coefficient (Wildman–Crippen LogP) is 2.46. The topological polar surface area (TPSA) is 18.5 Å². The minimum absolute atomic E-state index is 0.235. The zero-order valence-electron chi connectivity index (χ0n) is 8.56. The highest BCUT2D eigenvalue weighted by molar-refractivity contribution is 7.65. The number of benzene rings is 1. The SMILES string of the molecule is C[Si]1(C)OCP(c2ccccc2)CO1. The first-order valence-corrected chi connectivity index (χ1v) is 9.28. The molecule has 0 atom stereocenters. The first-order chi connectivity index (χ1) is 6.67. The van der Waals surface area contributed by atoms with Crippen LogP contribution in [0.1, 0.15) is 0 Å². The molecule has 1 heterocycles. The van der Waals surface area contributed by atoms with Gasteiger partial charge in [0.15, 0.2) is 0 Å². The maximum absolute atomic E-state index is 5.78. The molecule has 4 heteroatoms. The van der Waals surface area contributed by atoms with Gasteiger partial charge in [0.1, 0.15) is 0 Å². The molecule has 0 N–H and O–H groups in total. The monoisotopic (exact) mass is 226 g/mol. The highest BCUT2D eigenvalue weighted by Gasteiger charge is 2.32. The van der Waals surface area contributed by atoms with Gasteiger partial charge in [-0.15, -0.1) is 0 Å². The van der Waals surface area contributed by atoms with E-state index < -0.39 is 8.56 Å². The van der Waals surface area contributed by atoms with E-state index in [9.17, 15) is 0 Å². The lowest BCUT2D eigenvalue weighted by atomic mass is 10.4. The van der Waals surface area contributed by atoms with Gasteiger partial charge in [0.05, 0.1) is 12.7 Å². The van der Waals surface area contributed by atoms with E-state index in [-0.39, 0.29) is 7.92 Å². The maximum atomic E-state index is 5.78. The third-order valence-corrected chi connectivity index (χ3v) is 6.33. The third-order valence-electron chi connectivity index (χ3n) is 2.26. The molecule has 0 aromatic heterocycles. The number of hydrogen-bond acceptors (Lipinski definition) is 2. The van der Waals surface area contributed by atoms with Crippen molar-refractivity contribution in [2.75, 3.05) is 12.7 Å². The highest BCUT2D eigenvalue weighted by atomic mass is 31.1. The lowest BCUT2D eigenvalue weighted by Gasteiger charge is -2.33. The highest BCUT2D eigenvalue weighted by Crippen LogP contribution is 2.39. The largest absolute Gasteiger partial charge is 0.390 e. The summed E-state index contributed by atoms with van der Waals surface area (Å²) in [5.41, 5.74) is 0. The van der Waals surface area contributed by atoms with Gasteiger partial charge in [0.25, 0.3) is 0 Å². The van der Waals surface area contributed by atoms with Gasteiger partial charge in [-0.1, -0.05) is 30.3 Å². The summed E-state index contributed by atoms with van der Waals surface area (Å²) in [6.45, 7) is 4.20. The fourth-order valence-electron chi connectivity index (χ4n) is 1.33. The van der Waals surface area contributed by atoms with Crippen molar-refractivity contribution < 1.29 is 8.85 Å². The fourth-order valence-corrected chi connectivity index (χ4v) is 6.12. The van der Waals surface area contributed by atoms with Crippen molar-refractivity contribution in [2.45, 2.75) is 13.1 Å². The van der Waals surface area contributed by atoms with Gasteiger partial charge in [-0.2, -0.15) is 0 Å². The Morgan fingerprint density at radius 2 is 1.64 bits per heavy atom. The average Bonchev–Trinajstić information content (AvgIpc) is 2.19. The first-order valence-electron chi connectivity index (χ1n) is 4.75. The molecular weight excluding hydrogens is 211 g/mol. The zero-order valence-corrected chi connectivity index (χ0v) is 10.5. The van der Waals surface area contributed by atoms with Crippen molar-refractivity contribution in [3.63, 3.8) is 0 Å². The first kappa shape index (κ1) is 10.3. The maximum Gasteiger partial charge on any atom is 0.332 e. The van der Waals surface area contributed by atoms with E-state index in [0.29, 0.717) is 0 Å². The van der Waals surface area contributed by atoms with Crippen LogP contribution in [0.25, 0.3) is 0 Å². The summed E-state index contributed by atoms with van der Waals surface area (Å²) >= 11 is 0. The van der Waals surface area contributed by atoms with E-state index in [1.807, 2.05) is 6.07 Å². The standard InChI is InChI=1S/C10H15O2PSi/c1-14(2)11-8-13(9-12-14)10-6-4-3-5-7-10/h3-7H,8-9H2,1-2H3. The van der Waals surface area contributed by atoms with Crippen LogP contribution in [0.5, 0.6) is 0 Å². The van der Waals surface area contributed by atoms with Crippen molar-refractivity contribution in [1.29, 1.82) is 0 Å². The van der Waals surface area contributed by atoms with Gasteiger partial charge in [0.2, 0.25) is 0 Å². The van der Waals surface area contributed by atoms with Crippen LogP contribution in [0.3, 0.4) is 0 Å². The third kappa shape index (κ3) is 2.42. The average molecular weight is 226 g/mol. The molecule has 2 rings (SSSR count). The molecule has 0 radical (unpaired) electrons. The summed E-state index contributed by atoms with van der Waals surface area (Å²) in [4.78, 5) is 0. The second kappa shape index (κ2) is 4.11. The molecule has 1 aromatic rings. The Hall–Kier alpha value is -0.213. The smallest absolute Gasteiger partial charge is 0.332 e. The molecule has 0 saturated carbocycles. The van der Waals surface area contributed by atoms with E-state index in [2.05, 4.69) is 37.4 Å². The Morgan fingerprint density at radius 1 is 1.07 bits per heavy atom. The Balaban J connectivity index is 2.03. The number of hydrogen-bond donors (Lipinski definition) is 0. The molecule has 1 aliphatic rings. The normalized spacial score (nSPS) is 22.1. The molecule has 1 fully saturated rings. The second-order valence-electron chi connectivity index (χ2n) is 3.82. The lowest BCUT2D eigenvalue weighted by molar-refractivity contribution is 0.215. The molecule has 1 aromatic carbocycles. The molecule has 0 spiro atoms. The molecule has 2 nitrogen and oxygen atoms in total. The lowest BCUT2D eigenvalue weighted by Crippen LogP contribution is -2.39. The van der Waals surface area contributed by atoms with Gasteiger partial charge < -0.3 is 8.85 Å². The molecule has 0 amide bonds. The van der Waals surface area contributed by atoms with Gasteiger partial charge in [0, 0.05) is 0 Å². The van der Waals surface area contributed by atoms with Crippen LogP contribution < -0.4 is 5.30 Å². The quantitative estimate of drug-likeness (QED) is 0.541. The summed E-state index contributed by atoms with van der Waals surface area (Å²) in [5, 5.41) is 1.38. The molecule has 0 bridgehead atoms. The van der Waals surface area contributed by atoms with Crippen LogP contribution in [0.2, 0.25) is 13.1 Å². The predicted molar refractivity (Wildman–Crippen MR) is 62.4 cm³/mol. The molecule has 1 aliphatic heterocycles. The van der Waals surface area contributed by atoms with Gasteiger partial charge in [-0.3, -0.25) is 0 Å². The van der Waals surface area contributed by atoms with Crippen molar-refractivity contribution in [1.82, 2.24) is 0 Å². The van der Waals surface area contributed by atoms with E-state index in [1.165, 1.54) is 5.30 Å². The molecule has 0 unspecified atom stereocenters. The Morgan fingerprint density at radius 3 is 2.21 bits per heavy atom. The second-order valence-corrected chi connectivity index (χ2v) is 9.31. The zero-order chi connectivity index (χ0) is 10.0. The molecule has 0 aliphatic carbocycles. The van der Waals surface area contributed by atoms with Crippen LogP contribution in [0.4, 0.5) is 0 Å². The van der Waals surface area contributed by atoms with E-state index in [4.69, 9.17) is 8.85 Å². The van der Waals surface area contributed by atoms with Crippen LogP contribution in [-0.2, 0) is 8.85 Å². The van der Waals surface area contributed by atoms with Crippen molar-refractivity contribution in [3.8, 4) is 0 Å². The summed E-state index contributed by atoms with van der Waals surface area (Å²) < 4.78 is 11.6. The Labute approximate surface area is 87.2 Å². The molecule has 76 valence electrons. The number of rotatable bonds is 1. The van der Waals surface area contributed by atoms with Crippen molar-refractivity contribution in [2.24, 2.45) is 0 Å². The molecule has 1 saturated heterocycles. The minimum atomic E-state index is -1.75. The minimum Gasteiger partial charge on any atom is -0.390 e. The molecular formula is C10H15O2PSi.